The van der Waals surface area contributed by atoms with E-state index in [1.807, 2.05) is 17.8 Å². The zero-order valence-corrected chi connectivity index (χ0v) is 6.98. The second kappa shape index (κ2) is 2.20. The lowest BCUT2D eigenvalue weighted by molar-refractivity contribution is 0.832. The van der Waals surface area contributed by atoms with Gasteiger partial charge in [0.15, 0.2) is 0 Å². The first kappa shape index (κ1) is 7.09. The summed E-state index contributed by atoms with van der Waals surface area (Å²) in [6.07, 6.45) is 3.36. The third-order valence-electron chi connectivity index (χ3n) is 1.94. The molecule has 4 heteroatoms. The lowest BCUT2D eigenvalue weighted by atomic mass is 10.4. The van der Waals surface area contributed by atoms with E-state index in [0.717, 1.165) is 5.65 Å². The Hall–Kier alpha value is -1.58. The van der Waals surface area contributed by atoms with Crippen LogP contribution in [0.3, 0.4) is 0 Å². The van der Waals surface area contributed by atoms with Gasteiger partial charge in [0.05, 0.1) is 11.7 Å². The minimum atomic E-state index is 0.000556. The second-order valence-electron chi connectivity index (χ2n) is 2.82. The van der Waals surface area contributed by atoms with E-state index in [1.54, 1.807) is 13.1 Å². The molecule has 0 N–H and O–H groups in total. The predicted molar refractivity (Wildman–Crippen MR) is 46.0 cm³/mol. The molecule has 0 saturated carbocycles. The van der Waals surface area contributed by atoms with Gasteiger partial charge in [0.25, 0.3) is 5.56 Å². The highest BCUT2D eigenvalue weighted by atomic mass is 16.1. The van der Waals surface area contributed by atoms with Gasteiger partial charge in [0.1, 0.15) is 5.65 Å². The summed E-state index contributed by atoms with van der Waals surface area (Å²) in [4.78, 5) is 15.6. The van der Waals surface area contributed by atoms with Gasteiger partial charge in [-0.15, -0.1) is 0 Å². The Morgan fingerprint density at radius 1 is 1.33 bits per heavy atom. The van der Waals surface area contributed by atoms with Crippen LogP contribution in [0.25, 0.3) is 11.0 Å². The van der Waals surface area contributed by atoms with Crippen molar-refractivity contribution in [2.45, 2.75) is 0 Å². The summed E-state index contributed by atoms with van der Waals surface area (Å²) < 4.78 is 3.30. The van der Waals surface area contributed by atoms with E-state index in [9.17, 15) is 4.79 Å². The molecule has 4 nitrogen and oxygen atoms in total. The number of aryl methyl sites for hydroxylation is 2. The van der Waals surface area contributed by atoms with E-state index < -0.39 is 0 Å². The topological polar surface area (TPSA) is 39.8 Å². The molecule has 0 aromatic carbocycles. The summed E-state index contributed by atoms with van der Waals surface area (Å²) in [6.45, 7) is 0. The first-order valence-electron chi connectivity index (χ1n) is 3.67. The predicted octanol–water partition coefficient (Wildman–Crippen LogP) is 0.272. The Morgan fingerprint density at radius 3 is 2.83 bits per heavy atom. The summed E-state index contributed by atoms with van der Waals surface area (Å²) in [7, 11) is 3.57. The van der Waals surface area contributed by atoms with Gasteiger partial charge < -0.3 is 9.13 Å². The maximum absolute atomic E-state index is 11.5. The van der Waals surface area contributed by atoms with Crippen molar-refractivity contribution in [1.29, 1.82) is 0 Å². The SMILES string of the molecule is Cn1cnc2c(ccn2C)c1=O. The quantitative estimate of drug-likeness (QED) is 0.559. The van der Waals surface area contributed by atoms with Gasteiger partial charge in [-0.2, -0.15) is 0 Å². The summed E-state index contributed by atoms with van der Waals surface area (Å²) in [6, 6.07) is 1.78. The van der Waals surface area contributed by atoms with E-state index in [2.05, 4.69) is 4.98 Å². The van der Waals surface area contributed by atoms with Crippen molar-refractivity contribution in [3.8, 4) is 0 Å². The van der Waals surface area contributed by atoms with Gasteiger partial charge in [0, 0.05) is 20.3 Å². The van der Waals surface area contributed by atoms with Crippen molar-refractivity contribution >= 4 is 11.0 Å². The van der Waals surface area contributed by atoms with Crippen molar-refractivity contribution in [3.05, 3.63) is 28.9 Å². The minimum Gasteiger partial charge on any atom is -0.335 e. The smallest absolute Gasteiger partial charge is 0.262 e. The van der Waals surface area contributed by atoms with Crippen molar-refractivity contribution < 1.29 is 0 Å². The van der Waals surface area contributed by atoms with Crippen molar-refractivity contribution in [2.24, 2.45) is 14.1 Å². The van der Waals surface area contributed by atoms with Gasteiger partial charge >= 0.3 is 0 Å². The van der Waals surface area contributed by atoms with E-state index in [1.165, 1.54) is 10.9 Å². The van der Waals surface area contributed by atoms with Crippen LogP contribution in [0.2, 0.25) is 0 Å². The molecular weight excluding hydrogens is 154 g/mol. The molecular formula is C8H9N3O. The van der Waals surface area contributed by atoms with Crippen LogP contribution < -0.4 is 5.56 Å². The zero-order valence-electron chi connectivity index (χ0n) is 6.98. The Bertz CT molecular complexity index is 480. The lowest BCUT2D eigenvalue weighted by Gasteiger charge is -1.96. The molecule has 0 amide bonds. The molecule has 0 saturated heterocycles. The largest absolute Gasteiger partial charge is 0.335 e. The van der Waals surface area contributed by atoms with Crippen LogP contribution in [0.15, 0.2) is 23.4 Å². The van der Waals surface area contributed by atoms with Crippen LogP contribution in [-0.2, 0) is 14.1 Å². The molecule has 0 aliphatic carbocycles. The minimum absolute atomic E-state index is 0.000556. The third-order valence-corrected chi connectivity index (χ3v) is 1.94. The normalized spacial score (nSPS) is 10.8. The first-order valence-corrected chi connectivity index (χ1v) is 3.67. The maximum Gasteiger partial charge on any atom is 0.262 e. The summed E-state index contributed by atoms with van der Waals surface area (Å²) in [5.41, 5.74) is 0.735. The molecule has 0 unspecified atom stereocenters. The molecule has 2 aromatic rings. The number of hydrogen-bond donors (Lipinski definition) is 0. The average molecular weight is 163 g/mol. The molecule has 2 heterocycles. The van der Waals surface area contributed by atoms with Gasteiger partial charge in [-0.3, -0.25) is 4.79 Å². The molecule has 0 radical (unpaired) electrons. The highest BCUT2D eigenvalue weighted by molar-refractivity contribution is 5.74. The van der Waals surface area contributed by atoms with Gasteiger partial charge in [-0.05, 0) is 6.07 Å². The Morgan fingerprint density at radius 2 is 2.08 bits per heavy atom. The maximum atomic E-state index is 11.5. The number of fused-ring (bicyclic) bond motifs is 1. The van der Waals surface area contributed by atoms with E-state index in [4.69, 9.17) is 0 Å². The van der Waals surface area contributed by atoms with Crippen molar-refractivity contribution in [3.63, 3.8) is 0 Å². The fraction of sp³-hybridized carbons (Fsp3) is 0.250. The Labute approximate surface area is 69.1 Å². The highest BCUT2D eigenvalue weighted by Gasteiger charge is 2.03. The molecule has 0 aliphatic heterocycles. The van der Waals surface area contributed by atoms with Crippen LogP contribution in [0.4, 0.5) is 0 Å². The summed E-state index contributed by atoms with van der Waals surface area (Å²) in [5, 5.41) is 0.669. The van der Waals surface area contributed by atoms with E-state index >= 15 is 0 Å². The monoisotopic (exact) mass is 163 g/mol. The molecule has 2 rings (SSSR count). The second-order valence-corrected chi connectivity index (χ2v) is 2.82. The van der Waals surface area contributed by atoms with Crippen LogP contribution in [0.5, 0.6) is 0 Å². The first-order chi connectivity index (χ1) is 5.70. The van der Waals surface area contributed by atoms with Crippen LogP contribution in [0, 0.1) is 0 Å². The van der Waals surface area contributed by atoms with Crippen LogP contribution >= 0.6 is 0 Å². The number of nitrogens with zero attached hydrogens (tertiary/aromatic N) is 3. The standard InChI is InChI=1S/C8H9N3O/c1-10-4-3-6-7(10)9-5-11(2)8(6)12/h3-5H,1-2H3. The van der Waals surface area contributed by atoms with Gasteiger partial charge in [-0.25, -0.2) is 4.98 Å². The molecule has 62 valence electrons. The third kappa shape index (κ3) is 0.777. The van der Waals surface area contributed by atoms with Crippen LogP contribution in [0.1, 0.15) is 0 Å². The van der Waals surface area contributed by atoms with Crippen LogP contribution in [-0.4, -0.2) is 14.1 Å². The Balaban J connectivity index is 3.03. The van der Waals surface area contributed by atoms with Gasteiger partial charge in [0.2, 0.25) is 0 Å². The van der Waals surface area contributed by atoms with Crippen molar-refractivity contribution in [2.75, 3.05) is 0 Å². The lowest BCUT2D eigenvalue weighted by Crippen LogP contribution is -2.16. The van der Waals surface area contributed by atoms with Gasteiger partial charge in [-0.1, -0.05) is 0 Å². The molecule has 0 spiro atoms. The molecule has 0 aliphatic rings. The molecule has 12 heavy (non-hydrogen) atoms. The molecule has 0 atom stereocenters. The van der Waals surface area contributed by atoms with E-state index in [-0.39, 0.29) is 5.56 Å². The molecule has 0 fully saturated rings. The highest BCUT2D eigenvalue weighted by Crippen LogP contribution is 2.04. The Kier molecular flexibility index (Phi) is 1.30. The fourth-order valence-electron chi connectivity index (χ4n) is 1.23. The fourth-order valence-corrected chi connectivity index (χ4v) is 1.23. The summed E-state index contributed by atoms with van der Waals surface area (Å²) in [5.74, 6) is 0. The molecule has 2 aromatic heterocycles. The summed E-state index contributed by atoms with van der Waals surface area (Å²) >= 11 is 0. The van der Waals surface area contributed by atoms with Crippen molar-refractivity contribution in [1.82, 2.24) is 14.1 Å². The zero-order chi connectivity index (χ0) is 8.72. The average Bonchev–Trinajstić information content (AvgIpc) is 2.41. The number of hydrogen-bond acceptors (Lipinski definition) is 2. The van der Waals surface area contributed by atoms with E-state index in [0.29, 0.717) is 5.39 Å². The number of rotatable bonds is 0. The molecule has 0 bridgehead atoms. The number of aromatic nitrogens is 3.